The Hall–Kier alpha value is -0.610. The smallest absolute Gasteiger partial charge is 0.224 e. The van der Waals surface area contributed by atoms with Gasteiger partial charge in [-0.1, -0.05) is 27.7 Å². The molecule has 1 aliphatic rings. The van der Waals surface area contributed by atoms with Crippen molar-refractivity contribution in [3.8, 4) is 0 Å². The van der Waals surface area contributed by atoms with Gasteiger partial charge in [0.05, 0.1) is 19.3 Å². The summed E-state index contributed by atoms with van der Waals surface area (Å²) in [5.41, 5.74) is 6.04. The molecule has 0 aromatic heterocycles. The molecular formula is C13H26N2O2. The van der Waals surface area contributed by atoms with Gasteiger partial charge >= 0.3 is 0 Å². The Labute approximate surface area is 104 Å². The Balaban J connectivity index is 2.56. The fourth-order valence-corrected chi connectivity index (χ4v) is 1.93. The van der Waals surface area contributed by atoms with Crippen molar-refractivity contribution in [1.29, 1.82) is 0 Å². The highest BCUT2D eigenvalue weighted by Crippen LogP contribution is 2.21. The molecular weight excluding hydrogens is 216 g/mol. The molecule has 4 nitrogen and oxygen atoms in total. The van der Waals surface area contributed by atoms with Gasteiger partial charge in [-0.3, -0.25) is 4.79 Å². The van der Waals surface area contributed by atoms with Crippen LogP contribution in [0.4, 0.5) is 0 Å². The molecule has 0 aromatic rings. The quantitative estimate of drug-likeness (QED) is 0.813. The van der Waals surface area contributed by atoms with Crippen molar-refractivity contribution >= 4 is 5.91 Å². The number of morpholine rings is 1. The SMILES string of the molecule is CCC1COCCN1C(=O)CC(N)C(C)(C)C. The van der Waals surface area contributed by atoms with E-state index in [1.807, 2.05) is 4.90 Å². The lowest BCUT2D eigenvalue weighted by atomic mass is 9.85. The molecule has 2 N–H and O–H groups in total. The summed E-state index contributed by atoms with van der Waals surface area (Å²) < 4.78 is 5.40. The Morgan fingerprint density at radius 1 is 1.53 bits per heavy atom. The van der Waals surface area contributed by atoms with Crippen LogP contribution >= 0.6 is 0 Å². The lowest BCUT2D eigenvalue weighted by molar-refractivity contribution is -0.140. The number of nitrogens with zero attached hydrogens (tertiary/aromatic N) is 1. The van der Waals surface area contributed by atoms with Crippen molar-refractivity contribution in [3.05, 3.63) is 0 Å². The number of amides is 1. The summed E-state index contributed by atoms with van der Waals surface area (Å²) in [5.74, 6) is 0.169. The second-order valence-electron chi connectivity index (χ2n) is 5.90. The van der Waals surface area contributed by atoms with E-state index in [1.54, 1.807) is 0 Å². The molecule has 17 heavy (non-hydrogen) atoms. The average Bonchev–Trinajstić information content (AvgIpc) is 2.27. The van der Waals surface area contributed by atoms with Gasteiger partial charge in [-0.25, -0.2) is 0 Å². The van der Waals surface area contributed by atoms with Crippen molar-refractivity contribution in [2.45, 2.75) is 52.6 Å². The summed E-state index contributed by atoms with van der Waals surface area (Å²) in [6.45, 7) is 10.3. The average molecular weight is 242 g/mol. The van der Waals surface area contributed by atoms with Crippen LogP contribution in [0.3, 0.4) is 0 Å². The molecule has 0 aromatic carbocycles. The van der Waals surface area contributed by atoms with Crippen molar-refractivity contribution in [2.24, 2.45) is 11.1 Å². The van der Waals surface area contributed by atoms with Crippen LogP contribution in [0.25, 0.3) is 0 Å². The summed E-state index contributed by atoms with van der Waals surface area (Å²) in [5, 5.41) is 0. The first-order valence-electron chi connectivity index (χ1n) is 6.49. The van der Waals surface area contributed by atoms with Gasteiger partial charge in [0.25, 0.3) is 0 Å². The third-order valence-electron chi connectivity index (χ3n) is 3.53. The van der Waals surface area contributed by atoms with Crippen molar-refractivity contribution in [2.75, 3.05) is 19.8 Å². The van der Waals surface area contributed by atoms with Gasteiger partial charge in [-0.05, 0) is 11.8 Å². The number of nitrogens with two attached hydrogens (primary N) is 1. The van der Waals surface area contributed by atoms with Crippen LogP contribution in [-0.2, 0) is 9.53 Å². The predicted molar refractivity (Wildman–Crippen MR) is 68.7 cm³/mol. The van der Waals surface area contributed by atoms with E-state index in [0.29, 0.717) is 26.2 Å². The largest absolute Gasteiger partial charge is 0.377 e. The first-order chi connectivity index (χ1) is 7.86. The zero-order valence-corrected chi connectivity index (χ0v) is 11.5. The molecule has 1 rings (SSSR count). The maximum absolute atomic E-state index is 12.2. The van der Waals surface area contributed by atoms with Crippen LogP contribution in [0.15, 0.2) is 0 Å². The molecule has 1 fully saturated rings. The van der Waals surface area contributed by atoms with Gasteiger partial charge in [-0.2, -0.15) is 0 Å². The molecule has 4 heteroatoms. The van der Waals surface area contributed by atoms with E-state index >= 15 is 0 Å². The number of rotatable bonds is 3. The standard InChI is InChI=1S/C13H26N2O2/c1-5-10-9-17-7-6-15(10)12(16)8-11(14)13(2,3)4/h10-11H,5-9,14H2,1-4H3. The second kappa shape index (κ2) is 5.83. The minimum atomic E-state index is -0.0876. The maximum Gasteiger partial charge on any atom is 0.224 e. The van der Waals surface area contributed by atoms with Gasteiger partial charge in [0.2, 0.25) is 5.91 Å². The fourth-order valence-electron chi connectivity index (χ4n) is 1.93. The molecule has 0 bridgehead atoms. The van der Waals surface area contributed by atoms with Crippen LogP contribution in [0.1, 0.15) is 40.5 Å². The number of carbonyl (C=O) groups excluding carboxylic acids is 1. The minimum Gasteiger partial charge on any atom is -0.377 e. The van der Waals surface area contributed by atoms with Gasteiger partial charge < -0.3 is 15.4 Å². The molecule has 2 atom stereocenters. The first kappa shape index (κ1) is 14.5. The van der Waals surface area contributed by atoms with E-state index in [9.17, 15) is 4.79 Å². The Bertz CT molecular complexity index is 261. The highest BCUT2D eigenvalue weighted by atomic mass is 16.5. The number of ether oxygens (including phenoxy) is 1. The second-order valence-corrected chi connectivity index (χ2v) is 5.90. The predicted octanol–water partition coefficient (Wildman–Crippen LogP) is 1.39. The Kier molecular flexibility index (Phi) is 4.95. The summed E-state index contributed by atoms with van der Waals surface area (Å²) in [6, 6.07) is 0.138. The zero-order chi connectivity index (χ0) is 13.1. The van der Waals surface area contributed by atoms with Crippen molar-refractivity contribution in [1.82, 2.24) is 4.90 Å². The maximum atomic E-state index is 12.2. The lowest BCUT2D eigenvalue weighted by Gasteiger charge is -2.37. The summed E-state index contributed by atoms with van der Waals surface area (Å²) >= 11 is 0. The molecule has 100 valence electrons. The van der Waals surface area contributed by atoms with E-state index in [0.717, 1.165) is 6.42 Å². The molecule has 0 aliphatic carbocycles. The number of carbonyl (C=O) groups is 1. The normalized spacial score (nSPS) is 23.6. The topological polar surface area (TPSA) is 55.6 Å². The van der Waals surface area contributed by atoms with Gasteiger partial charge in [-0.15, -0.1) is 0 Å². The minimum absolute atomic E-state index is 0.0241. The van der Waals surface area contributed by atoms with Crippen LogP contribution in [0, 0.1) is 5.41 Å². The molecule has 1 amide bonds. The number of hydrogen-bond acceptors (Lipinski definition) is 3. The first-order valence-corrected chi connectivity index (χ1v) is 6.49. The Morgan fingerprint density at radius 3 is 2.71 bits per heavy atom. The monoisotopic (exact) mass is 242 g/mol. The molecule has 0 radical (unpaired) electrons. The van der Waals surface area contributed by atoms with E-state index in [-0.39, 0.29) is 23.4 Å². The van der Waals surface area contributed by atoms with E-state index in [4.69, 9.17) is 10.5 Å². The van der Waals surface area contributed by atoms with Crippen molar-refractivity contribution in [3.63, 3.8) is 0 Å². The zero-order valence-electron chi connectivity index (χ0n) is 11.5. The van der Waals surface area contributed by atoms with Crippen LogP contribution in [0.2, 0.25) is 0 Å². The highest BCUT2D eigenvalue weighted by Gasteiger charge is 2.30. The molecule has 2 unspecified atom stereocenters. The molecule has 1 aliphatic heterocycles. The van der Waals surface area contributed by atoms with Gasteiger partial charge in [0, 0.05) is 19.0 Å². The van der Waals surface area contributed by atoms with E-state index in [1.165, 1.54) is 0 Å². The Morgan fingerprint density at radius 2 is 2.18 bits per heavy atom. The highest BCUT2D eigenvalue weighted by molar-refractivity contribution is 5.77. The van der Waals surface area contributed by atoms with Gasteiger partial charge in [0.1, 0.15) is 0 Å². The molecule has 1 saturated heterocycles. The third-order valence-corrected chi connectivity index (χ3v) is 3.53. The van der Waals surface area contributed by atoms with E-state index in [2.05, 4.69) is 27.7 Å². The lowest BCUT2D eigenvalue weighted by Crippen LogP contribution is -2.50. The van der Waals surface area contributed by atoms with Crippen LogP contribution in [-0.4, -0.2) is 42.6 Å². The van der Waals surface area contributed by atoms with E-state index < -0.39 is 0 Å². The van der Waals surface area contributed by atoms with Crippen LogP contribution in [0.5, 0.6) is 0 Å². The van der Waals surface area contributed by atoms with Crippen molar-refractivity contribution < 1.29 is 9.53 Å². The number of hydrogen-bond donors (Lipinski definition) is 1. The molecule has 0 spiro atoms. The third kappa shape index (κ3) is 3.96. The summed E-state index contributed by atoms with van der Waals surface area (Å²) in [4.78, 5) is 14.2. The van der Waals surface area contributed by atoms with Crippen LogP contribution < -0.4 is 5.73 Å². The van der Waals surface area contributed by atoms with Gasteiger partial charge in [0.15, 0.2) is 0 Å². The fraction of sp³-hybridized carbons (Fsp3) is 0.923. The summed E-state index contributed by atoms with van der Waals surface area (Å²) in [7, 11) is 0. The summed E-state index contributed by atoms with van der Waals surface area (Å²) in [6.07, 6.45) is 1.37. The molecule has 1 heterocycles. The molecule has 0 saturated carbocycles.